The van der Waals surface area contributed by atoms with Crippen molar-refractivity contribution >= 4 is 11.9 Å². The Hall–Kier alpha value is -2.83. The number of nitrogens with zero attached hydrogens (tertiary/aromatic N) is 1. The molecule has 148 valence electrons. The van der Waals surface area contributed by atoms with E-state index in [9.17, 15) is 22.8 Å². The third kappa shape index (κ3) is 4.71. The molecule has 1 aliphatic rings. The fraction of sp³-hybridized carbons (Fsp3) is 0.333. The van der Waals surface area contributed by atoms with Crippen molar-refractivity contribution in [1.29, 1.82) is 0 Å². The summed E-state index contributed by atoms with van der Waals surface area (Å²) < 4.78 is 44.7. The van der Waals surface area contributed by atoms with Gasteiger partial charge in [0.25, 0.3) is 0 Å². The highest BCUT2D eigenvalue weighted by Gasteiger charge is 2.45. The number of halogens is 3. The van der Waals surface area contributed by atoms with Gasteiger partial charge in [-0.25, -0.2) is 13.2 Å². The summed E-state index contributed by atoms with van der Waals surface area (Å²) in [5, 5.41) is 0. The Morgan fingerprint density at radius 3 is 2.57 bits per heavy atom. The largest absolute Gasteiger partial charge is 0.469 e. The number of benzene rings is 2. The summed E-state index contributed by atoms with van der Waals surface area (Å²) in [4.78, 5) is 25.9. The van der Waals surface area contributed by atoms with E-state index in [1.165, 1.54) is 30.2 Å². The van der Waals surface area contributed by atoms with Gasteiger partial charge in [0.1, 0.15) is 5.82 Å². The standard InChI is InChI=1S/C21H20F3NO3/c1-28-20(26)7-8-25(12-13-5-6-18(23)19(24)9-13)21(27)17-11-16(17)14-3-2-4-15(22)10-14/h2-6,9-10,16-17H,7-8,11-12H2,1H3. The molecule has 2 atom stereocenters. The van der Waals surface area contributed by atoms with E-state index in [0.29, 0.717) is 12.0 Å². The number of hydrogen-bond acceptors (Lipinski definition) is 3. The number of hydrogen-bond donors (Lipinski definition) is 0. The van der Waals surface area contributed by atoms with E-state index in [4.69, 9.17) is 0 Å². The molecule has 1 saturated carbocycles. The van der Waals surface area contributed by atoms with E-state index in [-0.39, 0.29) is 43.1 Å². The van der Waals surface area contributed by atoms with Crippen molar-refractivity contribution in [1.82, 2.24) is 4.90 Å². The molecule has 2 aromatic rings. The van der Waals surface area contributed by atoms with Crippen molar-refractivity contribution in [2.75, 3.05) is 13.7 Å². The second kappa shape index (κ2) is 8.46. The van der Waals surface area contributed by atoms with E-state index < -0.39 is 17.6 Å². The van der Waals surface area contributed by atoms with Gasteiger partial charge >= 0.3 is 5.97 Å². The SMILES string of the molecule is COC(=O)CCN(Cc1ccc(F)c(F)c1)C(=O)C1CC1c1cccc(F)c1. The van der Waals surface area contributed by atoms with E-state index in [1.54, 1.807) is 12.1 Å². The summed E-state index contributed by atoms with van der Waals surface area (Å²) in [5.41, 5.74) is 1.17. The van der Waals surface area contributed by atoms with Crippen molar-refractivity contribution in [3.05, 3.63) is 71.0 Å². The molecule has 0 aliphatic heterocycles. The van der Waals surface area contributed by atoms with E-state index in [0.717, 1.165) is 17.7 Å². The number of rotatable bonds is 7. The van der Waals surface area contributed by atoms with Gasteiger partial charge < -0.3 is 9.64 Å². The lowest BCUT2D eigenvalue weighted by molar-refractivity contribution is -0.142. The molecule has 3 rings (SSSR count). The maximum Gasteiger partial charge on any atom is 0.307 e. The van der Waals surface area contributed by atoms with E-state index in [1.807, 2.05) is 0 Å². The molecular formula is C21H20F3NO3. The normalized spacial score (nSPS) is 17.9. The van der Waals surface area contributed by atoms with Gasteiger partial charge in [0.05, 0.1) is 13.5 Å². The van der Waals surface area contributed by atoms with E-state index in [2.05, 4.69) is 4.74 Å². The van der Waals surface area contributed by atoms with Crippen molar-refractivity contribution in [3.8, 4) is 0 Å². The molecule has 0 bridgehead atoms. The number of carbonyl (C=O) groups excluding carboxylic acids is 2. The molecule has 1 amide bonds. The highest BCUT2D eigenvalue weighted by Crippen LogP contribution is 2.48. The monoisotopic (exact) mass is 391 g/mol. The lowest BCUT2D eigenvalue weighted by atomic mass is 10.1. The van der Waals surface area contributed by atoms with Gasteiger partial charge in [-0.3, -0.25) is 9.59 Å². The van der Waals surface area contributed by atoms with Crippen LogP contribution < -0.4 is 0 Å². The topological polar surface area (TPSA) is 46.6 Å². The van der Waals surface area contributed by atoms with Crippen molar-refractivity contribution in [2.45, 2.75) is 25.3 Å². The van der Waals surface area contributed by atoms with Crippen LogP contribution in [0.15, 0.2) is 42.5 Å². The molecule has 0 saturated heterocycles. The first-order valence-electron chi connectivity index (χ1n) is 8.94. The molecular weight excluding hydrogens is 371 g/mol. The minimum absolute atomic E-state index is 0.0106. The van der Waals surface area contributed by atoms with Crippen LogP contribution in [0.5, 0.6) is 0 Å². The molecule has 0 spiro atoms. The van der Waals surface area contributed by atoms with Crippen LogP contribution in [0.4, 0.5) is 13.2 Å². The quantitative estimate of drug-likeness (QED) is 0.675. The zero-order chi connectivity index (χ0) is 20.3. The maximum absolute atomic E-state index is 13.5. The molecule has 2 aromatic carbocycles. The van der Waals surface area contributed by atoms with Crippen LogP contribution in [-0.4, -0.2) is 30.4 Å². The highest BCUT2D eigenvalue weighted by atomic mass is 19.2. The average molecular weight is 391 g/mol. The zero-order valence-corrected chi connectivity index (χ0v) is 15.3. The minimum Gasteiger partial charge on any atom is -0.469 e. The number of carbonyl (C=O) groups is 2. The lowest BCUT2D eigenvalue weighted by Crippen LogP contribution is -2.34. The van der Waals surface area contributed by atoms with Crippen LogP contribution in [0.2, 0.25) is 0 Å². The Bertz CT molecular complexity index is 887. The first kappa shape index (κ1) is 19.9. The summed E-state index contributed by atoms with van der Waals surface area (Å²) in [6, 6.07) is 9.55. The predicted molar refractivity (Wildman–Crippen MR) is 95.7 cm³/mol. The maximum atomic E-state index is 13.5. The molecule has 0 radical (unpaired) electrons. The highest BCUT2D eigenvalue weighted by molar-refractivity contribution is 5.83. The van der Waals surface area contributed by atoms with Crippen LogP contribution in [0.25, 0.3) is 0 Å². The average Bonchev–Trinajstić information content (AvgIpc) is 3.48. The van der Waals surface area contributed by atoms with Crippen LogP contribution >= 0.6 is 0 Å². The molecule has 7 heteroatoms. The summed E-state index contributed by atoms with van der Waals surface area (Å²) in [5.74, 6) is -3.42. The van der Waals surface area contributed by atoms with Gasteiger partial charge in [0, 0.05) is 19.0 Å². The summed E-state index contributed by atoms with van der Waals surface area (Å²) >= 11 is 0. The first-order valence-corrected chi connectivity index (χ1v) is 8.94. The van der Waals surface area contributed by atoms with Crippen molar-refractivity contribution in [3.63, 3.8) is 0 Å². The Morgan fingerprint density at radius 1 is 1.11 bits per heavy atom. The van der Waals surface area contributed by atoms with Crippen LogP contribution in [0, 0.1) is 23.4 Å². The molecule has 1 aliphatic carbocycles. The van der Waals surface area contributed by atoms with E-state index >= 15 is 0 Å². The lowest BCUT2D eigenvalue weighted by Gasteiger charge is -2.23. The fourth-order valence-electron chi connectivity index (χ4n) is 3.26. The second-order valence-corrected chi connectivity index (χ2v) is 6.84. The van der Waals surface area contributed by atoms with Crippen LogP contribution in [0.1, 0.15) is 29.9 Å². The molecule has 2 unspecified atom stereocenters. The van der Waals surface area contributed by atoms with Crippen LogP contribution in [0.3, 0.4) is 0 Å². The molecule has 0 aromatic heterocycles. The molecule has 28 heavy (non-hydrogen) atoms. The summed E-state index contributed by atoms with van der Waals surface area (Å²) in [7, 11) is 1.25. The van der Waals surface area contributed by atoms with Crippen LogP contribution in [-0.2, 0) is 20.9 Å². The summed E-state index contributed by atoms with van der Waals surface area (Å²) in [6.45, 7) is 0.135. The fourth-order valence-corrected chi connectivity index (χ4v) is 3.26. The number of ether oxygens (including phenoxy) is 1. The third-order valence-electron chi connectivity index (χ3n) is 4.87. The Morgan fingerprint density at radius 2 is 1.89 bits per heavy atom. The first-order chi connectivity index (χ1) is 13.4. The van der Waals surface area contributed by atoms with Crippen molar-refractivity contribution < 1.29 is 27.5 Å². The minimum atomic E-state index is -0.998. The summed E-state index contributed by atoms with van der Waals surface area (Å²) in [6.07, 6.45) is 0.568. The number of methoxy groups -OCH3 is 1. The van der Waals surface area contributed by atoms with Gasteiger partial charge in [-0.2, -0.15) is 0 Å². The molecule has 0 heterocycles. The Balaban J connectivity index is 1.73. The second-order valence-electron chi connectivity index (χ2n) is 6.84. The third-order valence-corrected chi connectivity index (χ3v) is 4.87. The number of esters is 1. The Labute approximate surface area is 160 Å². The molecule has 4 nitrogen and oxygen atoms in total. The van der Waals surface area contributed by atoms with Gasteiger partial charge in [0.15, 0.2) is 11.6 Å². The van der Waals surface area contributed by atoms with Gasteiger partial charge in [-0.1, -0.05) is 18.2 Å². The zero-order valence-electron chi connectivity index (χ0n) is 15.3. The van der Waals surface area contributed by atoms with Gasteiger partial charge in [-0.05, 0) is 47.7 Å². The van der Waals surface area contributed by atoms with Gasteiger partial charge in [-0.15, -0.1) is 0 Å². The molecule has 0 N–H and O–H groups in total. The van der Waals surface area contributed by atoms with Crippen molar-refractivity contribution in [2.24, 2.45) is 5.92 Å². The molecule has 1 fully saturated rings. The predicted octanol–water partition coefficient (Wildman–Crippen LogP) is 3.80. The number of amides is 1. The smallest absolute Gasteiger partial charge is 0.307 e. The Kier molecular flexibility index (Phi) is 6.02. The van der Waals surface area contributed by atoms with Gasteiger partial charge in [0.2, 0.25) is 5.91 Å².